The topological polar surface area (TPSA) is 87.5 Å². The number of carbonyl (C=O) groups excluding carboxylic acids is 1. The van der Waals surface area contributed by atoms with Crippen LogP contribution in [0.3, 0.4) is 0 Å². The third kappa shape index (κ3) is 4.96. The molecular formula is C22H24N4O4. The first kappa shape index (κ1) is 19.9. The fourth-order valence-corrected chi connectivity index (χ4v) is 3.15. The van der Waals surface area contributed by atoms with Crippen LogP contribution in [0.4, 0.5) is 0 Å². The van der Waals surface area contributed by atoms with Crippen LogP contribution in [0.1, 0.15) is 19.8 Å². The maximum atomic E-state index is 11.2. The standard InChI is InChI=1S/C22H24N4O4/c1-2-28-15-26-21(11-12-25-26)20-9-7-18(13-23-20)29-16-3-5-17(6-4-16)30-19-8-10-22(27)24-14-19/h3-7,9,11-13,19H,2,8,10,14-15H2,1H3,(H,24,27)/t19-/m1/s1. The van der Waals surface area contributed by atoms with Crippen LogP contribution in [0.2, 0.25) is 0 Å². The summed E-state index contributed by atoms with van der Waals surface area (Å²) < 4.78 is 19.0. The molecule has 3 aromatic rings. The molecule has 1 aliphatic rings. The van der Waals surface area contributed by atoms with Crippen LogP contribution in [-0.4, -0.2) is 39.9 Å². The summed E-state index contributed by atoms with van der Waals surface area (Å²) >= 11 is 0. The Morgan fingerprint density at radius 2 is 1.90 bits per heavy atom. The second-order valence-electron chi connectivity index (χ2n) is 6.87. The van der Waals surface area contributed by atoms with Crippen LogP contribution >= 0.6 is 0 Å². The van der Waals surface area contributed by atoms with E-state index in [4.69, 9.17) is 14.2 Å². The fraction of sp³-hybridized carbons (Fsp3) is 0.318. The van der Waals surface area contributed by atoms with E-state index in [1.165, 1.54) is 0 Å². The molecule has 0 aliphatic carbocycles. The number of nitrogens with zero attached hydrogens (tertiary/aromatic N) is 3. The Labute approximate surface area is 174 Å². The van der Waals surface area contributed by atoms with Gasteiger partial charge in [-0.15, -0.1) is 0 Å². The zero-order valence-corrected chi connectivity index (χ0v) is 16.8. The smallest absolute Gasteiger partial charge is 0.220 e. The highest BCUT2D eigenvalue weighted by atomic mass is 16.5. The van der Waals surface area contributed by atoms with Crippen LogP contribution in [-0.2, 0) is 16.3 Å². The third-order valence-corrected chi connectivity index (χ3v) is 4.72. The van der Waals surface area contributed by atoms with Gasteiger partial charge in [-0.3, -0.25) is 9.78 Å². The first-order chi connectivity index (χ1) is 14.7. The van der Waals surface area contributed by atoms with Gasteiger partial charge in [0, 0.05) is 19.2 Å². The molecule has 8 heteroatoms. The van der Waals surface area contributed by atoms with E-state index < -0.39 is 0 Å². The predicted molar refractivity (Wildman–Crippen MR) is 110 cm³/mol. The van der Waals surface area contributed by atoms with Crippen molar-refractivity contribution in [3.05, 3.63) is 54.9 Å². The SMILES string of the molecule is CCOCn1nccc1-c1ccc(Oc2ccc(O[C@@H]3CCC(=O)NC3)cc2)cn1. The van der Waals surface area contributed by atoms with Crippen LogP contribution in [0.25, 0.3) is 11.4 Å². The van der Waals surface area contributed by atoms with E-state index in [0.29, 0.717) is 37.8 Å². The van der Waals surface area contributed by atoms with Gasteiger partial charge in [0.2, 0.25) is 5.91 Å². The zero-order valence-electron chi connectivity index (χ0n) is 16.8. The number of carbonyl (C=O) groups is 1. The van der Waals surface area contributed by atoms with E-state index in [-0.39, 0.29) is 12.0 Å². The highest BCUT2D eigenvalue weighted by Crippen LogP contribution is 2.26. The summed E-state index contributed by atoms with van der Waals surface area (Å²) in [6, 6.07) is 13.1. The molecule has 0 unspecified atom stereocenters. The van der Waals surface area contributed by atoms with Crippen LogP contribution < -0.4 is 14.8 Å². The number of pyridine rings is 1. The van der Waals surface area contributed by atoms with Crippen LogP contribution in [0.15, 0.2) is 54.9 Å². The minimum atomic E-state index is 0.00220. The molecule has 156 valence electrons. The summed E-state index contributed by atoms with van der Waals surface area (Å²) in [5, 5.41) is 7.08. The molecule has 4 rings (SSSR count). The van der Waals surface area contributed by atoms with E-state index in [0.717, 1.165) is 23.6 Å². The number of hydrogen-bond donors (Lipinski definition) is 1. The zero-order chi connectivity index (χ0) is 20.8. The van der Waals surface area contributed by atoms with Gasteiger partial charge in [0.05, 0.1) is 24.1 Å². The Balaban J connectivity index is 1.35. The number of ether oxygens (including phenoxy) is 3. The lowest BCUT2D eigenvalue weighted by Gasteiger charge is -2.23. The molecule has 1 aliphatic heterocycles. The van der Waals surface area contributed by atoms with Crippen molar-refractivity contribution in [3.8, 4) is 28.6 Å². The van der Waals surface area contributed by atoms with E-state index in [1.807, 2.05) is 49.4 Å². The van der Waals surface area contributed by atoms with Crippen LogP contribution in [0, 0.1) is 0 Å². The fourth-order valence-electron chi connectivity index (χ4n) is 3.15. The largest absolute Gasteiger partial charge is 0.489 e. The van der Waals surface area contributed by atoms with Gasteiger partial charge in [-0.05, 0) is 55.8 Å². The highest BCUT2D eigenvalue weighted by Gasteiger charge is 2.19. The second kappa shape index (κ2) is 9.41. The van der Waals surface area contributed by atoms with Crippen molar-refractivity contribution in [2.45, 2.75) is 32.6 Å². The Bertz CT molecular complexity index is 960. The average Bonchev–Trinajstić information content (AvgIpc) is 3.24. The normalized spacial score (nSPS) is 16.2. The maximum Gasteiger partial charge on any atom is 0.220 e. The molecule has 0 radical (unpaired) electrons. The summed E-state index contributed by atoms with van der Waals surface area (Å²) in [6.07, 6.45) is 4.64. The molecule has 1 atom stereocenters. The van der Waals surface area contributed by atoms with Crippen molar-refractivity contribution < 1.29 is 19.0 Å². The van der Waals surface area contributed by atoms with E-state index in [2.05, 4.69) is 15.4 Å². The van der Waals surface area contributed by atoms with E-state index in [1.54, 1.807) is 17.1 Å². The van der Waals surface area contributed by atoms with Crippen molar-refractivity contribution in [2.75, 3.05) is 13.2 Å². The summed E-state index contributed by atoms with van der Waals surface area (Å²) in [5.41, 5.74) is 1.68. The Hall–Kier alpha value is -3.39. The van der Waals surface area contributed by atoms with Gasteiger partial charge in [0.15, 0.2) is 0 Å². The lowest BCUT2D eigenvalue weighted by atomic mass is 10.1. The molecule has 0 saturated carbocycles. The molecule has 0 bridgehead atoms. The molecule has 3 heterocycles. The molecule has 0 spiro atoms. The van der Waals surface area contributed by atoms with Crippen molar-refractivity contribution in [1.82, 2.24) is 20.1 Å². The summed E-state index contributed by atoms with van der Waals surface area (Å²) in [5.74, 6) is 2.16. The molecular weight excluding hydrogens is 384 g/mol. The quantitative estimate of drug-likeness (QED) is 0.615. The van der Waals surface area contributed by atoms with Gasteiger partial charge in [-0.1, -0.05) is 0 Å². The minimum absolute atomic E-state index is 0.00220. The van der Waals surface area contributed by atoms with E-state index in [9.17, 15) is 4.79 Å². The number of hydrogen-bond acceptors (Lipinski definition) is 6. The van der Waals surface area contributed by atoms with Crippen molar-refractivity contribution in [1.29, 1.82) is 0 Å². The lowest BCUT2D eigenvalue weighted by molar-refractivity contribution is -0.123. The average molecular weight is 408 g/mol. The van der Waals surface area contributed by atoms with Gasteiger partial charge >= 0.3 is 0 Å². The summed E-state index contributed by atoms with van der Waals surface area (Å²) in [4.78, 5) is 15.7. The van der Waals surface area contributed by atoms with Crippen molar-refractivity contribution in [3.63, 3.8) is 0 Å². The van der Waals surface area contributed by atoms with Crippen molar-refractivity contribution >= 4 is 5.91 Å². The predicted octanol–water partition coefficient (Wildman–Crippen LogP) is 3.39. The molecule has 1 amide bonds. The summed E-state index contributed by atoms with van der Waals surface area (Å²) in [7, 11) is 0. The minimum Gasteiger partial charge on any atom is -0.489 e. The van der Waals surface area contributed by atoms with Gasteiger partial charge in [-0.2, -0.15) is 5.10 Å². The highest BCUT2D eigenvalue weighted by molar-refractivity contribution is 5.76. The van der Waals surface area contributed by atoms with Crippen molar-refractivity contribution in [2.24, 2.45) is 0 Å². The lowest BCUT2D eigenvalue weighted by Crippen LogP contribution is -2.40. The molecule has 1 aromatic carbocycles. The third-order valence-electron chi connectivity index (χ3n) is 4.72. The number of nitrogens with one attached hydrogen (secondary N) is 1. The number of benzene rings is 1. The molecule has 1 saturated heterocycles. The molecule has 30 heavy (non-hydrogen) atoms. The maximum absolute atomic E-state index is 11.2. The molecule has 8 nitrogen and oxygen atoms in total. The second-order valence-corrected chi connectivity index (χ2v) is 6.87. The summed E-state index contributed by atoms with van der Waals surface area (Å²) in [6.45, 7) is 3.50. The number of rotatable bonds is 8. The molecule has 2 aromatic heterocycles. The molecule has 1 fully saturated rings. The molecule has 1 N–H and O–H groups in total. The number of amides is 1. The van der Waals surface area contributed by atoms with Gasteiger partial charge < -0.3 is 19.5 Å². The Morgan fingerprint density at radius 1 is 1.10 bits per heavy atom. The number of aromatic nitrogens is 3. The Morgan fingerprint density at radius 3 is 2.60 bits per heavy atom. The van der Waals surface area contributed by atoms with E-state index >= 15 is 0 Å². The number of piperidine rings is 1. The van der Waals surface area contributed by atoms with Gasteiger partial charge in [0.1, 0.15) is 30.1 Å². The van der Waals surface area contributed by atoms with Crippen LogP contribution in [0.5, 0.6) is 17.2 Å². The first-order valence-corrected chi connectivity index (χ1v) is 9.98. The monoisotopic (exact) mass is 408 g/mol. The Kier molecular flexibility index (Phi) is 6.24. The van der Waals surface area contributed by atoms with Gasteiger partial charge in [0.25, 0.3) is 0 Å². The first-order valence-electron chi connectivity index (χ1n) is 9.98. The van der Waals surface area contributed by atoms with Gasteiger partial charge in [-0.25, -0.2) is 4.68 Å².